The van der Waals surface area contributed by atoms with E-state index in [9.17, 15) is 0 Å². The van der Waals surface area contributed by atoms with E-state index in [4.69, 9.17) is 0 Å². The average molecular weight is 352 g/mol. The molecule has 0 atom stereocenters. The second-order valence-corrected chi connectivity index (χ2v) is 7.13. The fourth-order valence-electron chi connectivity index (χ4n) is 3.98. The second kappa shape index (κ2) is 6.20. The maximum atomic E-state index is 3.48. The van der Waals surface area contributed by atoms with Crippen LogP contribution in [0.5, 0.6) is 0 Å². The van der Waals surface area contributed by atoms with Crippen molar-refractivity contribution in [3.05, 3.63) is 71.4 Å². The number of hydrogen-bond acceptors (Lipinski definition) is 0. The van der Waals surface area contributed by atoms with E-state index in [-0.39, 0.29) is 17.8 Å². The summed E-state index contributed by atoms with van der Waals surface area (Å²) in [6.07, 6.45) is 4.54. The van der Waals surface area contributed by atoms with E-state index in [1.54, 1.807) is 0 Å². The Hall–Kier alpha value is -2.32. The monoisotopic (exact) mass is 351 g/mol. The van der Waals surface area contributed by atoms with Crippen molar-refractivity contribution in [2.45, 2.75) is 26.2 Å². The maximum absolute atomic E-state index is 3.48. The zero-order valence-corrected chi connectivity index (χ0v) is 15.9. The molecule has 0 aliphatic carbocycles. The van der Waals surface area contributed by atoms with E-state index >= 15 is 0 Å². The molecule has 1 aliphatic heterocycles. The molecular weight excluding hydrogens is 328 g/mol. The first-order chi connectivity index (χ1) is 11.5. The predicted octanol–water partition coefficient (Wildman–Crippen LogP) is 5.62. The van der Waals surface area contributed by atoms with Crippen LogP contribution in [0.25, 0.3) is 17.0 Å². The quantitative estimate of drug-likeness (QED) is 0.578. The zero-order valence-electron chi connectivity index (χ0n) is 15.1. The second-order valence-electron chi connectivity index (χ2n) is 7.13. The third-order valence-corrected chi connectivity index (χ3v) is 5.29. The van der Waals surface area contributed by atoms with Crippen LogP contribution in [-0.2, 0) is 5.41 Å². The highest BCUT2D eigenvalue weighted by atomic mass is 35.5. The normalized spacial score (nSPS) is 15.7. The molecule has 0 saturated heterocycles. The van der Waals surface area contributed by atoms with Gasteiger partial charge in [-0.3, -0.25) is 0 Å². The SMILES string of the molecule is Cc1[nH]c2ccccc2c1/C=C/C1=[N+](C)c2ccccc2C1(C)C.Cl. The number of hydrogen-bond donors (Lipinski definition) is 1. The first-order valence-electron chi connectivity index (χ1n) is 8.46. The summed E-state index contributed by atoms with van der Waals surface area (Å²) in [5, 5.41) is 1.28. The van der Waals surface area contributed by atoms with Crippen LogP contribution in [0.3, 0.4) is 0 Å². The summed E-state index contributed by atoms with van der Waals surface area (Å²) in [4.78, 5) is 3.48. The van der Waals surface area contributed by atoms with Crippen LogP contribution in [0.2, 0.25) is 0 Å². The molecule has 1 aromatic heterocycles. The molecule has 0 spiro atoms. The van der Waals surface area contributed by atoms with E-state index in [1.807, 2.05) is 0 Å². The van der Waals surface area contributed by atoms with E-state index in [1.165, 1.54) is 39.1 Å². The lowest BCUT2D eigenvalue weighted by Crippen LogP contribution is -2.26. The smallest absolute Gasteiger partial charge is 0.209 e. The number of nitrogens with one attached hydrogen (secondary N) is 1. The zero-order chi connectivity index (χ0) is 16.9. The summed E-state index contributed by atoms with van der Waals surface area (Å²) >= 11 is 0. The molecule has 2 aromatic carbocycles. The minimum atomic E-state index is 0. The van der Waals surface area contributed by atoms with Crippen molar-refractivity contribution in [1.82, 2.24) is 4.98 Å². The Morgan fingerprint density at radius 2 is 1.64 bits per heavy atom. The molecular formula is C22H24ClN2+. The van der Waals surface area contributed by atoms with Gasteiger partial charge in [0.25, 0.3) is 0 Å². The van der Waals surface area contributed by atoms with Crippen LogP contribution in [0.4, 0.5) is 5.69 Å². The van der Waals surface area contributed by atoms with Crippen molar-refractivity contribution in [3.8, 4) is 0 Å². The Labute approximate surface area is 155 Å². The number of aryl methyl sites for hydroxylation is 1. The van der Waals surface area contributed by atoms with Gasteiger partial charge in [0.05, 0.1) is 5.41 Å². The first kappa shape index (κ1) is 17.5. The van der Waals surface area contributed by atoms with E-state index in [2.05, 4.69) is 98.1 Å². The molecule has 0 bridgehead atoms. The number of aromatic amines is 1. The summed E-state index contributed by atoms with van der Waals surface area (Å²) < 4.78 is 2.32. The highest BCUT2D eigenvalue weighted by Crippen LogP contribution is 2.39. The van der Waals surface area contributed by atoms with Crippen molar-refractivity contribution >= 4 is 40.8 Å². The van der Waals surface area contributed by atoms with Crippen LogP contribution >= 0.6 is 12.4 Å². The lowest BCUT2D eigenvalue weighted by atomic mass is 9.81. The molecule has 3 aromatic rings. The number of benzene rings is 2. The van der Waals surface area contributed by atoms with Gasteiger partial charge in [-0.15, -0.1) is 12.4 Å². The lowest BCUT2D eigenvalue weighted by molar-refractivity contribution is -0.401. The summed E-state index contributed by atoms with van der Waals surface area (Å²) in [6, 6.07) is 17.2. The van der Waals surface area contributed by atoms with Crippen LogP contribution in [-0.4, -0.2) is 22.3 Å². The van der Waals surface area contributed by atoms with Crippen molar-refractivity contribution in [2.24, 2.45) is 0 Å². The number of aromatic nitrogens is 1. The van der Waals surface area contributed by atoms with Crippen LogP contribution in [0.15, 0.2) is 54.6 Å². The van der Waals surface area contributed by atoms with Crippen LogP contribution < -0.4 is 0 Å². The predicted molar refractivity (Wildman–Crippen MR) is 110 cm³/mol. The Balaban J connectivity index is 0.00000182. The van der Waals surface area contributed by atoms with E-state index in [0.29, 0.717) is 0 Å². The maximum Gasteiger partial charge on any atom is 0.209 e. The minimum Gasteiger partial charge on any atom is -0.358 e. The standard InChI is InChI=1S/C22H22N2.ClH/c1-15-16(17-9-5-7-11-19(17)23-15)13-14-21-22(2,3)18-10-6-8-12-20(18)24(21)4;/h5-14H,1-4H3;1H/p+1. The van der Waals surface area contributed by atoms with Crippen molar-refractivity contribution in [1.29, 1.82) is 0 Å². The van der Waals surface area contributed by atoms with E-state index < -0.39 is 0 Å². The minimum absolute atomic E-state index is 0. The van der Waals surface area contributed by atoms with Crippen molar-refractivity contribution in [2.75, 3.05) is 7.05 Å². The summed E-state index contributed by atoms with van der Waals surface area (Å²) in [5.74, 6) is 0. The fourth-order valence-corrected chi connectivity index (χ4v) is 3.98. The number of rotatable bonds is 2. The van der Waals surface area contributed by atoms with Gasteiger partial charge in [-0.2, -0.15) is 4.58 Å². The molecule has 2 heterocycles. The molecule has 0 saturated carbocycles. The molecule has 25 heavy (non-hydrogen) atoms. The number of para-hydroxylation sites is 2. The lowest BCUT2D eigenvalue weighted by Gasteiger charge is -2.15. The Morgan fingerprint density at radius 1 is 0.960 bits per heavy atom. The highest BCUT2D eigenvalue weighted by Gasteiger charge is 2.42. The third-order valence-electron chi connectivity index (χ3n) is 5.29. The third kappa shape index (κ3) is 2.61. The van der Waals surface area contributed by atoms with E-state index in [0.717, 1.165) is 0 Å². The molecule has 2 nitrogen and oxygen atoms in total. The summed E-state index contributed by atoms with van der Waals surface area (Å²) in [7, 11) is 2.16. The largest absolute Gasteiger partial charge is 0.358 e. The van der Waals surface area contributed by atoms with Crippen molar-refractivity contribution < 1.29 is 4.58 Å². The molecule has 1 N–H and O–H groups in total. The Morgan fingerprint density at radius 3 is 2.40 bits per heavy atom. The first-order valence-corrected chi connectivity index (χ1v) is 8.46. The molecule has 0 amide bonds. The molecule has 3 heteroatoms. The van der Waals surface area contributed by atoms with Gasteiger partial charge in [0.2, 0.25) is 5.69 Å². The average Bonchev–Trinajstić information content (AvgIpc) is 2.99. The van der Waals surface area contributed by atoms with Crippen LogP contribution in [0, 0.1) is 6.92 Å². The summed E-state index contributed by atoms with van der Waals surface area (Å²) in [6.45, 7) is 6.75. The van der Waals surface area contributed by atoms with Gasteiger partial charge < -0.3 is 4.98 Å². The van der Waals surface area contributed by atoms with Gasteiger partial charge in [-0.05, 0) is 32.9 Å². The molecule has 0 fully saturated rings. The number of nitrogens with zero attached hydrogens (tertiary/aromatic N) is 1. The van der Waals surface area contributed by atoms with Gasteiger partial charge >= 0.3 is 0 Å². The topological polar surface area (TPSA) is 18.8 Å². The molecule has 128 valence electrons. The van der Waals surface area contributed by atoms with Crippen molar-refractivity contribution in [3.63, 3.8) is 0 Å². The molecule has 0 radical (unpaired) electrons. The Bertz CT molecular complexity index is 1010. The van der Waals surface area contributed by atoms with Gasteiger partial charge in [0.1, 0.15) is 7.05 Å². The molecule has 4 rings (SSSR count). The van der Waals surface area contributed by atoms with Crippen LogP contribution in [0.1, 0.15) is 30.7 Å². The molecule has 0 unspecified atom stereocenters. The number of fused-ring (bicyclic) bond motifs is 2. The highest BCUT2D eigenvalue weighted by molar-refractivity contribution is 6.06. The number of halogens is 1. The Kier molecular flexibility index (Phi) is 4.34. The summed E-state index contributed by atoms with van der Waals surface area (Å²) in [5.41, 5.74) is 7.72. The molecule has 1 aliphatic rings. The van der Waals surface area contributed by atoms with Gasteiger partial charge in [0.15, 0.2) is 5.71 Å². The van der Waals surface area contributed by atoms with Gasteiger partial charge in [0, 0.05) is 39.9 Å². The number of H-pyrrole nitrogens is 1. The van der Waals surface area contributed by atoms with Gasteiger partial charge in [-0.25, -0.2) is 0 Å². The fraction of sp³-hybridized carbons (Fsp3) is 0.227. The number of allylic oxidation sites excluding steroid dienone is 1. The van der Waals surface area contributed by atoms with Gasteiger partial charge in [-0.1, -0.05) is 36.4 Å².